The van der Waals surface area contributed by atoms with Crippen LogP contribution in [0.5, 0.6) is 0 Å². The Hall–Kier alpha value is -1.46. The van der Waals surface area contributed by atoms with Gasteiger partial charge in [0.1, 0.15) is 18.3 Å². The monoisotopic (exact) mass is 302 g/mol. The van der Waals surface area contributed by atoms with Gasteiger partial charge in [-0.15, -0.1) is 0 Å². The number of ether oxygens (including phenoxy) is 1. The van der Waals surface area contributed by atoms with Gasteiger partial charge in [0.05, 0.1) is 18.0 Å². The van der Waals surface area contributed by atoms with E-state index in [0.29, 0.717) is 17.2 Å². The molecule has 0 aliphatic carbocycles. The second-order valence-corrected chi connectivity index (χ2v) is 5.61. The number of aromatic nitrogens is 1. The van der Waals surface area contributed by atoms with Crippen LogP contribution in [0.4, 0.5) is 5.82 Å². The van der Waals surface area contributed by atoms with Crippen molar-refractivity contribution in [2.45, 2.75) is 31.1 Å². The molecule has 3 heterocycles. The molecule has 10 heteroatoms. The lowest BCUT2D eigenvalue weighted by molar-refractivity contribution is -0.0528. The first-order valence-electron chi connectivity index (χ1n) is 5.97. The maximum atomic E-state index is 12.1. The average Bonchev–Trinajstić information content (AvgIpc) is 2.88. The van der Waals surface area contributed by atoms with Crippen molar-refractivity contribution in [3.8, 4) is 0 Å². The van der Waals surface area contributed by atoms with Crippen molar-refractivity contribution in [1.82, 2.24) is 9.88 Å². The minimum absolute atomic E-state index is 0.163. The summed E-state index contributed by atoms with van der Waals surface area (Å²) in [5.74, 6) is 0.474. The lowest BCUT2D eigenvalue weighted by Crippen LogP contribution is -2.35. The number of aliphatic imine (C=N–C) groups is 1. The van der Waals surface area contributed by atoms with E-state index < -0.39 is 31.1 Å². The molecule has 2 aliphatic rings. The lowest BCUT2D eigenvalue weighted by Gasteiger charge is -2.19. The molecule has 1 fully saturated rings. The van der Waals surface area contributed by atoms with Crippen molar-refractivity contribution >= 4 is 23.1 Å². The van der Waals surface area contributed by atoms with Crippen LogP contribution in [0.1, 0.15) is 11.1 Å². The maximum absolute atomic E-state index is 12.1. The van der Waals surface area contributed by atoms with Crippen LogP contribution in [0.2, 0.25) is 0 Å². The number of hydrogen-bond acceptors (Lipinski definition) is 9. The largest absolute Gasteiger partial charge is 0.394 e. The molecule has 20 heavy (non-hydrogen) atoms. The van der Waals surface area contributed by atoms with E-state index in [-0.39, 0.29) is 10.8 Å². The Balaban J connectivity index is 2.04. The van der Waals surface area contributed by atoms with Gasteiger partial charge in [-0.2, -0.15) is 4.99 Å². The Morgan fingerprint density at radius 3 is 2.90 bits per heavy atom. The molecule has 6 N–H and O–H groups in total. The van der Waals surface area contributed by atoms with E-state index in [4.69, 9.17) is 15.6 Å². The molecule has 0 unspecified atom stereocenters. The molecular weight excluding hydrogens is 288 g/mol. The van der Waals surface area contributed by atoms with Crippen molar-refractivity contribution in [3.63, 3.8) is 0 Å². The zero-order valence-corrected chi connectivity index (χ0v) is 11.1. The molecule has 1 saturated heterocycles. The van der Waals surface area contributed by atoms with Crippen LogP contribution in [-0.2, 0) is 11.3 Å². The van der Waals surface area contributed by atoms with Crippen molar-refractivity contribution in [1.29, 1.82) is 0 Å². The Labute approximate surface area is 116 Å². The molecule has 0 aromatic carbocycles. The third kappa shape index (κ3) is 1.93. The fourth-order valence-corrected chi connectivity index (χ4v) is 3.17. The highest BCUT2D eigenvalue weighted by Gasteiger charge is 2.45. The molecule has 0 radical (unpaired) electrons. The van der Waals surface area contributed by atoms with E-state index in [0.717, 1.165) is 15.9 Å². The summed E-state index contributed by atoms with van der Waals surface area (Å²) in [6, 6.07) is 0. The fourth-order valence-electron chi connectivity index (χ4n) is 2.29. The first kappa shape index (κ1) is 13.5. The number of fused-ring (bicyclic) bond motifs is 1. The summed E-state index contributed by atoms with van der Waals surface area (Å²) in [6.45, 7) is -0.0882. The van der Waals surface area contributed by atoms with E-state index in [2.05, 4.69) is 10.3 Å². The smallest absolute Gasteiger partial charge is 0.311 e. The number of thiazole rings is 1. The summed E-state index contributed by atoms with van der Waals surface area (Å²) in [4.78, 5) is 16.4. The summed E-state index contributed by atoms with van der Waals surface area (Å²) in [7, 11) is 0. The first-order chi connectivity index (χ1) is 9.52. The van der Waals surface area contributed by atoms with Crippen molar-refractivity contribution < 1.29 is 20.1 Å². The predicted molar refractivity (Wildman–Crippen MR) is 69.7 cm³/mol. The summed E-state index contributed by atoms with van der Waals surface area (Å²) >= 11 is 0.965. The highest BCUT2D eigenvalue weighted by atomic mass is 32.1. The predicted octanol–water partition coefficient (Wildman–Crippen LogP) is -2.43. The van der Waals surface area contributed by atoms with Gasteiger partial charge in [0.25, 0.3) is 0 Å². The van der Waals surface area contributed by atoms with Crippen LogP contribution >= 0.6 is 11.3 Å². The zero-order chi connectivity index (χ0) is 14.4. The Kier molecular flexibility index (Phi) is 3.26. The highest BCUT2D eigenvalue weighted by Crippen LogP contribution is 2.34. The third-order valence-corrected chi connectivity index (χ3v) is 4.26. The second-order valence-electron chi connectivity index (χ2n) is 4.56. The van der Waals surface area contributed by atoms with E-state index in [1.807, 2.05) is 0 Å². The molecule has 1 aromatic heterocycles. The normalized spacial score (nSPS) is 32.6. The number of guanidine groups is 1. The fraction of sp³-hybridized carbons (Fsp3) is 0.600. The lowest BCUT2D eigenvalue weighted by atomic mass is 10.1. The summed E-state index contributed by atoms with van der Waals surface area (Å²) in [5, 5.41) is 31.6. The zero-order valence-electron chi connectivity index (χ0n) is 10.3. The van der Waals surface area contributed by atoms with Crippen LogP contribution in [0.25, 0.3) is 0 Å². The Morgan fingerprint density at radius 1 is 1.50 bits per heavy atom. The summed E-state index contributed by atoms with van der Waals surface area (Å²) in [6.07, 6.45) is -4.63. The molecule has 0 saturated carbocycles. The van der Waals surface area contributed by atoms with E-state index in [1.165, 1.54) is 0 Å². The van der Waals surface area contributed by atoms with Gasteiger partial charge in [0, 0.05) is 0 Å². The van der Waals surface area contributed by atoms with Gasteiger partial charge < -0.3 is 31.1 Å². The Bertz CT molecular complexity index is 611. The molecule has 0 amide bonds. The number of nitrogens with one attached hydrogen (secondary N) is 1. The number of rotatable bonds is 2. The summed E-state index contributed by atoms with van der Waals surface area (Å²) in [5.41, 5.74) is 5.58. The molecule has 4 atom stereocenters. The number of nitrogens with zero attached hydrogens (tertiary/aromatic N) is 2. The van der Waals surface area contributed by atoms with Gasteiger partial charge in [-0.25, -0.2) is 0 Å². The molecule has 1 aromatic rings. The highest BCUT2D eigenvalue weighted by molar-refractivity contribution is 7.09. The number of aliphatic hydroxyl groups excluding tert-OH is 3. The quantitative estimate of drug-likeness (QED) is 0.409. The second kappa shape index (κ2) is 4.82. The molecule has 2 aliphatic heterocycles. The Morgan fingerprint density at radius 2 is 2.25 bits per heavy atom. The van der Waals surface area contributed by atoms with E-state index >= 15 is 0 Å². The topological polar surface area (TPSA) is 142 Å². The molecular formula is C10H14N4O5S. The van der Waals surface area contributed by atoms with Gasteiger partial charge in [0.2, 0.25) is 0 Å². The first-order valence-corrected chi connectivity index (χ1v) is 6.79. The molecule has 0 bridgehead atoms. The molecule has 3 rings (SSSR count). The third-order valence-electron chi connectivity index (χ3n) is 3.31. The number of hydrogen-bond donors (Lipinski definition) is 5. The van der Waals surface area contributed by atoms with Crippen molar-refractivity contribution in [3.05, 3.63) is 14.5 Å². The number of nitrogens with two attached hydrogens (primary N) is 1. The van der Waals surface area contributed by atoms with Gasteiger partial charge >= 0.3 is 4.87 Å². The average molecular weight is 302 g/mol. The SMILES string of the molecule is NC1=Nc2c(sc(=O)n2[C@@H]2O[C@H](CO)[C@@H](O)[C@H]2O)CN1. The minimum atomic E-state index is -1.32. The van der Waals surface area contributed by atoms with E-state index in [9.17, 15) is 15.0 Å². The van der Waals surface area contributed by atoms with Gasteiger partial charge in [0.15, 0.2) is 18.0 Å². The maximum Gasteiger partial charge on any atom is 0.311 e. The van der Waals surface area contributed by atoms with Gasteiger partial charge in [-0.05, 0) is 0 Å². The van der Waals surface area contributed by atoms with E-state index in [1.54, 1.807) is 0 Å². The van der Waals surface area contributed by atoms with Crippen molar-refractivity contribution in [2.24, 2.45) is 10.7 Å². The van der Waals surface area contributed by atoms with Crippen LogP contribution in [-0.4, -0.2) is 50.8 Å². The number of aliphatic hydroxyl groups is 3. The molecule has 110 valence electrons. The summed E-state index contributed by atoms with van der Waals surface area (Å²) < 4.78 is 6.51. The van der Waals surface area contributed by atoms with Gasteiger partial charge in [-0.1, -0.05) is 11.3 Å². The molecule has 0 spiro atoms. The van der Waals surface area contributed by atoms with Crippen LogP contribution in [0.15, 0.2) is 9.79 Å². The van der Waals surface area contributed by atoms with Crippen molar-refractivity contribution in [2.75, 3.05) is 6.61 Å². The minimum Gasteiger partial charge on any atom is -0.394 e. The molecule has 9 nitrogen and oxygen atoms in total. The van der Waals surface area contributed by atoms with Gasteiger partial charge in [-0.3, -0.25) is 9.36 Å². The standard InChI is InChI=1S/C10H14N4O5S/c11-9-12-1-4-7(13-9)14(10(18)20-4)8-6(17)5(16)3(2-15)19-8/h3,5-6,8,15-17H,1-2H2,(H3,11,12,13)/t3-,5-,6-,8-/m1/s1. The van der Waals surface area contributed by atoms with Crippen LogP contribution < -0.4 is 15.9 Å². The van der Waals surface area contributed by atoms with Crippen LogP contribution in [0.3, 0.4) is 0 Å². The van der Waals surface area contributed by atoms with Crippen LogP contribution in [0, 0.1) is 0 Å².